The number of carboxylic acids is 1. The van der Waals surface area contributed by atoms with Crippen LogP contribution in [0.25, 0.3) is 22.4 Å². The summed E-state index contributed by atoms with van der Waals surface area (Å²) in [7, 11) is 1.93. The molecule has 0 radical (unpaired) electrons. The van der Waals surface area contributed by atoms with E-state index in [0.29, 0.717) is 30.1 Å². The van der Waals surface area contributed by atoms with E-state index >= 15 is 4.39 Å². The zero-order valence-electron chi connectivity index (χ0n) is 21.6. The van der Waals surface area contributed by atoms with Gasteiger partial charge in [-0.05, 0) is 84.8 Å². The summed E-state index contributed by atoms with van der Waals surface area (Å²) < 4.78 is 29.2. The minimum atomic E-state index is -0.849. The normalized spacial score (nSPS) is 17.7. The van der Waals surface area contributed by atoms with Crippen molar-refractivity contribution in [2.24, 2.45) is 7.05 Å². The van der Waals surface area contributed by atoms with Gasteiger partial charge in [-0.3, -0.25) is 9.48 Å². The van der Waals surface area contributed by atoms with Crippen LogP contribution in [0.4, 0.5) is 4.39 Å². The van der Waals surface area contributed by atoms with Crippen LogP contribution in [0.1, 0.15) is 52.7 Å². The van der Waals surface area contributed by atoms with Crippen molar-refractivity contribution in [3.8, 4) is 33.9 Å². The number of fused-ring (bicyclic) bond motifs is 2. The minimum Gasteiger partial charge on any atom is -0.492 e. The first-order chi connectivity index (χ1) is 18.3. The van der Waals surface area contributed by atoms with Crippen LogP contribution in [0.15, 0.2) is 54.7 Å². The molecule has 2 heterocycles. The summed E-state index contributed by atoms with van der Waals surface area (Å²) in [5.41, 5.74) is 9.07. The average molecular weight is 513 g/mol. The first-order valence-corrected chi connectivity index (χ1v) is 12.9. The van der Waals surface area contributed by atoms with Crippen LogP contribution in [-0.2, 0) is 18.3 Å². The summed E-state index contributed by atoms with van der Waals surface area (Å²) in [6.45, 7) is 4.54. The molecule has 0 saturated heterocycles. The Kier molecular flexibility index (Phi) is 5.94. The number of carboxylic acid groups (broad SMARTS) is 1. The van der Waals surface area contributed by atoms with Gasteiger partial charge >= 0.3 is 5.97 Å². The zero-order chi connectivity index (χ0) is 26.6. The van der Waals surface area contributed by atoms with Gasteiger partial charge in [0.25, 0.3) is 0 Å². The molecular weight excluding hydrogens is 483 g/mol. The number of halogens is 1. The Balaban J connectivity index is 1.31. The van der Waals surface area contributed by atoms with Gasteiger partial charge in [0.1, 0.15) is 23.4 Å². The molecule has 6 nitrogen and oxygen atoms in total. The maximum absolute atomic E-state index is 15.3. The molecule has 38 heavy (non-hydrogen) atoms. The fraction of sp³-hybridized carbons (Fsp3) is 0.290. The number of aromatic nitrogens is 2. The number of ether oxygens (including phenoxy) is 2. The standard InChI is InChI=1S/C31H29FN2O4/c1-17-12-19(26-10-11-33-34(26)3)13-18(2)30(17)23-6-8-25(32)31-24(23)7-9-27(31)38-21-4-5-22-20(14-29(35)36)16-37-28(22)15-21/h4-6,8,10-13,15,20,27H,7,9,14,16H2,1-3H3,(H,35,36)/t20?,27-/m1/s1. The first kappa shape index (κ1) is 24.2. The molecule has 4 aromatic rings. The quantitative estimate of drug-likeness (QED) is 0.318. The van der Waals surface area contributed by atoms with E-state index in [1.807, 2.05) is 36.0 Å². The Morgan fingerprint density at radius 2 is 1.95 bits per heavy atom. The van der Waals surface area contributed by atoms with Crippen molar-refractivity contribution in [2.75, 3.05) is 6.61 Å². The van der Waals surface area contributed by atoms with Crippen LogP contribution < -0.4 is 9.47 Å². The number of nitrogens with zero attached hydrogens (tertiary/aromatic N) is 2. The molecule has 2 aliphatic rings. The van der Waals surface area contributed by atoms with Crippen molar-refractivity contribution in [1.29, 1.82) is 0 Å². The highest BCUT2D eigenvalue weighted by atomic mass is 19.1. The third kappa shape index (κ3) is 4.12. The van der Waals surface area contributed by atoms with Gasteiger partial charge < -0.3 is 14.6 Å². The lowest BCUT2D eigenvalue weighted by Gasteiger charge is -2.19. The number of hydrogen-bond acceptors (Lipinski definition) is 4. The van der Waals surface area contributed by atoms with Crippen molar-refractivity contribution < 1.29 is 23.8 Å². The number of aryl methyl sites for hydroxylation is 3. The Labute approximate surface area is 220 Å². The molecule has 0 amide bonds. The zero-order valence-corrected chi connectivity index (χ0v) is 21.6. The summed E-state index contributed by atoms with van der Waals surface area (Å²) in [4.78, 5) is 11.1. The third-order valence-corrected chi connectivity index (χ3v) is 7.77. The second kappa shape index (κ2) is 9.31. The molecule has 0 spiro atoms. The van der Waals surface area contributed by atoms with E-state index in [1.54, 1.807) is 18.3 Å². The van der Waals surface area contributed by atoms with Crippen molar-refractivity contribution >= 4 is 5.97 Å². The Morgan fingerprint density at radius 3 is 2.66 bits per heavy atom. The predicted octanol–water partition coefficient (Wildman–Crippen LogP) is 6.53. The Bertz CT molecular complexity index is 1550. The molecule has 194 valence electrons. The second-order valence-electron chi connectivity index (χ2n) is 10.3. The molecule has 6 rings (SSSR count). The maximum atomic E-state index is 15.3. The van der Waals surface area contributed by atoms with Gasteiger partial charge in [0.2, 0.25) is 0 Å². The van der Waals surface area contributed by atoms with Crippen LogP contribution in [0.2, 0.25) is 0 Å². The predicted molar refractivity (Wildman–Crippen MR) is 142 cm³/mol. The number of carbonyl (C=O) groups is 1. The molecule has 1 aliphatic carbocycles. The molecule has 3 aromatic carbocycles. The van der Waals surface area contributed by atoms with Crippen molar-refractivity contribution in [1.82, 2.24) is 9.78 Å². The molecule has 0 fully saturated rings. The number of hydrogen-bond donors (Lipinski definition) is 1. The van der Waals surface area contributed by atoms with E-state index < -0.39 is 12.1 Å². The summed E-state index contributed by atoms with van der Waals surface area (Å²) in [5, 5.41) is 13.4. The highest BCUT2D eigenvalue weighted by molar-refractivity contribution is 5.79. The van der Waals surface area contributed by atoms with E-state index in [0.717, 1.165) is 51.1 Å². The van der Waals surface area contributed by atoms with Crippen LogP contribution >= 0.6 is 0 Å². The SMILES string of the molecule is Cc1cc(-c2ccnn2C)cc(C)c1-c1ccc(F)c2c1CC[C@H]2Oc1ccc2c(c1)OCC2CC(=O)O. The molecule has 1 N–H and O–H groups in total. The van der Waals surface area contributed by atoms with Gasteiger partial charge in [-0.2, -0.15) is 5.10 Å². The molecule has 0 bridgehead atoms. The van der Waals surface area contributed by atoms with Gasteiger partial charge in [-0.25, -0.2) is 4.39 Å². The van der Waals surface area contributed by atoms with Crippen molar-refractivity contribution in [3.05, 3.63) is 88.4 Å². The fourth-order valence-electron chi connectivity index (χ4n) is 6.09. The molecule has 0 saturated carbocycles. The second-order valence-corrected chi connectivity index (χ2v) is 10.3. The first-order valence-electron chi connectivity index (χ1n) is 12.9. The molecule has 1 aromatic heterocycles. The molecular formula is C31H29FN2O4. The van der Waals surface area contributed by atoms with Crippen LogP contribution in [0.5, 0.6) is 11.5 Å². The number of benzene rings is 3. The summed E-state index contributed by atoms with van der Waals surface area (Å²) in [5.74, 6) is -0.0413. The van der Waals surface area contributed by atoms with Crippen LogP contribution in [0, 0.1) is 19.7 Å². The van der Waals surface area contributed by atoms with Crippen molar-refractivity contribution in [2.45, 2.75) is 45.1 Å². The molecule has 7 heteroatoms. The smallest absolute Gasteiger partial charge is 0.304 e. The van der Waals surface area contributed by atoms with E-state index in [4.69, 9.17) is 14.6 Å². The van der Waals surface area contributed by atoms with Gasteiger partial charge in [-0.1, -0.05) is 12.1 Å². The molecule has 1 unspecified atom stereocenters. The van der Waals surface area contributed by atoms with Crippen LogP contribution in [0.3, 0.4) is 0 Å². The third-order valence-electron chi connectivity index (χ3n) is 7.77. The Morgan fingerprint density at radius 1 is 1.16 bits per heavy atom. The van der Waals surface area contributed by atoms with Crippen molar-refractivity contribution in [3.63, 3.8) is 0 Å². The monoisotopic (exact) mass is 512 g/mol. The summed E-state index contributed by atoms with van der Waals surface area (Å²) in [6, 6.07) is 15.3. The van der Waals surface area contributed by atoms with Crippen LogP contribution in [-0.4, -0.2) is 27.5 Å². The van der Waals surface area contributed by atoms with Gasteiger partial charge in [-0.15, -0.1) is 0 Å². The lowest BCUT2D eigenvalue weighted by atomic mass is 9.88. The topological polar surface area (TPSA) is 73.6 Å². The molecule has 1 aliphatic heterocycles. The average Bonchev–Trinajstić information content (AvgIpc) is 3.59. The van der Waals surface area contributed by atoms with Gasteiger partial charge in [0.05, 0.1) is 18.7 Å². The maximum Gasteiger partial charge on any atom is 0.304 e. The number of rotatable bonds is 6. The van der Waals surface area contributed by atoms with E-state index in [2.05, 4.69) is 31.1 Å². The van der Waals surface area contributed by atoms with Gasteiger partial charge in [0.15, 0.2) is 0 Å². The van der Waals surface area contributed by atoms with E-state index in [9.17, 15) is 4.79 Å². The fourth-order valence-corrected chi connectivity index (χ4v) is 6.09. The minimum absolute atomic E-state index is 0.0269. The Hall–Kier alpha value is -4.13. The lowest BCUT2D eigenvalue weighted by molar-refractivity contribution is -0.137. The largest absolute Gasteiger partial charge is 0.492 e. The highest BCUT2D eigenvalue weighted by Crippen LogP contribution is 2.45. The van der Waals surface area contributed by atoms with E-state index in [1.165, 1.54) is 0 Å². The summed E-state index contributed by atoms with van der Waals surface area (Å²) >= 11 is 0. The highest BCUT2D eigenvalue weighted by Gasteiger charge is 2.32. The summed E-state index contributed by atoms with van der Waals surface area (Å²) in [6.07, 6.45) is 2.81. The number of aliphatic carboxylic acids is 1. The molecule has 2 atom stereocenters. The van der Waals surface area contributed by atoms with Gasteiger partial charge in [0, 0.05) is 41.9 Å². The van der Waals surface area contributed by atoms with E-state index in [-0.39, 0.29) is 18.2 Å². The lowest BCUT2D eigenvalue weighted by Crippen LogP contribution is -2.07.